The van der Waals surface area contributed by atoms with Gasteiger partial charge in [0, 0.05) is 6.04 Å². The summed E-state index contributed by atoms with van der Waals surface area (Å²) in [5, 5.41) is 0. The summed E-state index contributed by atoms with van der Waals surface area (Å²) in [6.07, 6.45) is 4.32. The molecule has 0 aromatic heterocycles. The predicted molar refractivity (Wildman–Crippen MR) is 48.6 cm³/mol. The highest BCUT2D eigenvalue weighted by Crippen LogP contribution is 2.16. The minimum Gasteiger partial charge on any atom is -0.469 e. The lowest BCUT2D eigenvalue weighted by molar-refractivity contribution is -0.143. The van der Waals surface area contributed by atoms with Crippen molar-refractivity contribution in [2.75, 3.05) is 7.11 Å². The molecule has 3 heteroatoms. The fourth-order valence-electron chi connectivity index (χ4n) is 1.05. The van der Waals surface area contributed by atoms with Crippen molar-refractivity contribution in [2.45, 2.75) is 26.3 Å². The summed E-state index contributed by atoms with van der Waals surface area (Å²) in [7, 11) is 1.39. The van der Waals surface area contributed by atoms with E-state index in [0.717, 1.165) is 0 Å². The zero-order chi connectivity index (χ0) is 9.56. The molecule has 0 aromatic carbocycles. The molecule has 12 heavy (non-hydrogen) atoms. The molecule has 1 rings (SSSR count). The normalized spacial score (nSPS) is 26.0. The summed E-state index contributed by atoms with van der Waals surface area (Å²) in [6.45, 7) is 4.00. The Hall–Kier alpha value is -0.830. The molecule has 0 radical (unpaired) electrons. The van der Waals surface area contributed by atoms with Crippen LogP contribution < -0.4 is 5.73 Å². The average Bonchev–Trinajstić information content (AvgIpc) is 2.54. The molecule has 0 amide bonds. The molecule has 3 nitrogen and oxygen atoms in total. The van der Waals surface area contributed by atoms with Crippen molar-refractivity contribution in [3.8, 4) is 0 Å². The molecule has 0 heterocycles. The number of carbonyl (C=O) groups is 1. The van der Waals surface area contributed by atoms with Gasteiger partial charge < -0.3 is 10.5 Å². The molecule has 70 valence electrons. The van der Waals surface area contributed by atoms with E-state index in [1.54, 1.807) is 6.08 Å². The van der Waals surface area contributed by atoms with Gasteiger partial charge >= 0.3 is 5.97 Å². The number of hydrogen-bond donors (Lipinski definition) is 1. The maximum Gasteiger partial charge on any atom is 0.312 e. The summed E-state index contributed by atoms with van der Waals surface area (Å²) >= 11 is 0. The van der Waals surface area contributed by atoms with Gasteiger partial charge in [-0.2, -0.15) is 0 Å². The van der Waals surface area contributed by atoms with Gasteiger partial charge in [0.2, 0.25) is 0 Å². The Morgan fingerprint density at radius 2 is 2.08 bits per heavy atom. The van der Waals surface area contributed by atoms with Gasteiger partial charge in [-0.05, 0) is 6.42 Å². The summed E-state index contributed by atoms with van der Waals surface area (Å²) in [5.74, 6) is -0.302. The zero-order valence-electron chi connectivity index (χ0n) is 7.91. The van der Waals surface area contributed by atoms with Gasteiger partial charge in [-0.3, -0.25) is 4.79 Å². The minimum atomic E-state index is -0.191. The Morgan fingerprint density at radius 3 is 2.42 bits per heavy atom. The molecule has 0 saturated carbocycles. The van der Waals surface area contributed by atoms with E-state index in [0.29, 0.717) is 6.42 Å². The van der Waals surface area contributed by atoms with E-state index in [4.69, 9.17) is 5.73 Å². The molecule has 1 aliphatic rings. The first-order chi connectivity index (χ1) is 5.74. The van der Waals surface area contributed by atoms with Crippen LogP contribution in [0.25, 0.3) is 0 Å². The lowest BCUT2D eigenvalue weighted by Gasteiger charge is -2.04. The van der Waals surface area contributed by atoms with Gasteiger partial charge in [0.1, 0.15) is 0 Å². The van der Waals surface area contributed by atoms with Crippen LogP contribution in [-0.4, -0.2) is 19.1 Å². The summed E-state index contributed by atoms with van der Waals surface area (Å²) in [5.41, 5.74) is 5.52. The van der Waals surface area contributed by atoms with Gasteiger partial charge in [-0.15, -0.1) is 0 Å². The topological polar surface area (TPSA) is 52.3 Å². The van der Waals surface area contributed by atoms with E-state index >= 15 is 0 Å². The summed E-state index contributed by atoms with van der Waals surface area (Å²) in [4.78, 5) is 10.8. The van der Waals surface area contributed by atoms with Crippen LogP contribution >= 0.6 is 0 Å². The number of methoxy groups -OCH3 is 1. The number of ether oxygens (including phenoxy) is 1. The average molecular weight is 171 g/mol. The number of rotatable bonds is 1. The highest BCUT2D eigenvalue weighted by molar-refractivity contribution is 5.75. The highest BCUT2D eigenvalue weighted by atomic mass is 16.5. The minimum absolute atomic E-state index is 0.0316. The fourth-order valence-corrected chi connectivity index (χ4v) is 1.05. The first-order valence-electron chi connectivity index (χ1n) is 4.26. The molecule has 0 bridgehead atoms. The van der Waals surface area contributed by atoms with Gasteiger partial charge in [0.25, 0.3) is 0 Å². The standard InChI is InChI=1S/C7H11NO2.C2H6/c1-10-7(9)5-2-3-6(8)4-5;1-2/h2-3,5-6H,4,8H2,1H3;1-2H3. The molecule has 1 aliphatic carbocycles. The van der Waals surface area contributed by atoms with Gasteiger partial charge in [-0.25, -0.2) is 0 Å². The first-order valence-corrected chi connectivity index (χ1v) is 4.26. The van der Waals surface area contributed by atoms with Crippen LogP contribution in [0.2, 0.25) is 0 Å². The van der Waals surface area contributed by atoms with Gasteiger partial charge in [0.15, 0.2) is 0 Å². The lowest BCUT2D eigenvalue weighted by atomic mass is 10.1. The van der Waals surface area contributed by atoms with E-state index in [2.05, 4.69) is 4.74 Å². The molecule has 0 aliphatic heterocycles. The first kappa shape index (κ1) is 11.2. The smallest absolute Gasteiger partial charge is 0.312 e. The molecule has 2 N–H and O–H groups in total. The maximum atomic E-state index is 10.8. The second kappa shape index (κ2) is 5.77. The van der Waals surface area contributed by atoms with Crippen molar-refractivity contribution >= 4 is 5.97 Å². The van der Waals surface area contributed by atoms with Crippen LogP contribution in [0.5, 0.6) is 0 Å². The molecule has 0 fully saturated rings. The fraction of sp³-hybridized carbons (Fsp3) is 0.667. The molecule has 0 saturated heterocycles. The Balaban J connectivity index is 0.000000561. The van der Waals surface area contributed by atoms with E-state index in [9.17, 15) is 4.79 Å². The maximum absolute atomic E-state index is 10.8. The third kappa shape index (κ3) is 3.05. The quantitative estimate of drug-likeness (QED) is 0.474. The third-order valence-corrected chi connectivity index (χ3v) is 1.62. The highest BCUT2D eigenvalue weighted by Gasteiger charge is 2.22. The Morgan fingerprint density at radius 1 is 1.50 bits per heavy atom. The van der Waals surface area contributed by atoms with Crippen LogP contribution in [-0.2, 0) is 9.53 Å². The van der Waals surface area contributed by atoms with Gasteiger partial charge in [0.05, 0.1) is 13.0 Å². The van der Waals surface area contributed by atoms with Crippen molar-refractivity contribution in [1.29, 1.82) is 0 Å². The second-order valence-corrected chi connectivity index (χ2v) is 2.41. The summed E-state index contributed by atoms with van der Waals surface area (Å²) in [6, 6.07) is 0.0316. The van der Waals surface area contributed by atoms with Crippen molar-refractivity contribution < 1.29 is 9.53 Å². The van der Waals surface area contributed by atoms with Crippen molar-refractivity contribution in [1.82, 2.24) is 0 Å². The zero-order valence-corrected chi connectivity index (χ0v) is 7.91. The second-order valence-electron chi connectivity index (χ2n) is 2.41. The molecular weight excluding hydrogens is 154 g/mol. The molecule has 2 atom stereocenters. The van der Waals surface area contributed by atoms with E-state index in [1.165, 1.54) is 7.11 Å². The molecule has 2 unspecified atom stereocenters. The number of esters is 1. The summed E-state index contributed by atoms with van der Waals surface area (Å²) < 4.78 is 4.54. The van der Waals surface area contributed by atoms with Crippen molar-refractivity contribution in [2.24, 2.45) is 11.7 Å². The Labute approximate surface area is 73.6 Å². The third-order valence-electron chi connectivity index (χ3n) is 1.62. The van der Waals surface area contributed by atoms with Crippen LogP contribution in [0.1, 0.15) is 20.3 Å². The van der Waals surface area contributed by atoms with Crippen LogP contribution in [0.4, 0.5) is 0 Å². The number of carbonyl (C=O) groups excluding carboxylic acids is 1. The van der Waals surface area contributed by atoms with Crippen LogP contribution in [0, 0.1) is 5.92 Å². The lowest BCUT2D eigenvalue weighted by Crippen LogP contribution is -2.19. The number of hydrogen-bond acceptors (Lipinski definition) is 3. The molecule has 0 spiro atoms. The molecule has 0 aromatic rings. The SMILES string of the molecule is CC.COC(=O)C1C=CC(N)C1. The van der Waals surface area contributed by atoms with Gasteiger partial charge in [-0.1, -0.05) is 26.0 Å². The van der Waals surface area contributed by atoms with Crippen LogP contribution in [0.3, 0.4) is 0 Å². The largest absolute Gasteiger partial charge is 0.469 e. The van der Waals surface area contributed by atoms with Crippen molar-refractivity contribution in [3.05, 3.63) is 12.2 Å². The van der Waals surface area contributed by atoms with Crippen molar-refractivity contribution in [3.63, 3.8) is 0 Å². The predicted octanol–water partition coefficient (Wildman–Crippen LogP) is 1.09. The Bertz CT molecular complexity index is 166. The van der Waals surface area contributed by atoms with E-state index in [1.807, 2.05) is 19.9 Å². The van der Waals surface area contributed by atoms with Crippen LogP contribution in [0.15, 0.2) is 12.2 Å². The van der Waals surface area contributed by atoms with E-state index in [-0.39, 0.29) is 17.9 Å². The monoisotopic (exact) mass is 171 g/mol. The molecular formula is C9H17NO2. The number of nitrogens with two attached hydrogens (primary N) is 1. The van der Waals surface area contributed by atoms with E-state index < -0.39 is 0 Å². The Kier molecular flexibility index (Phi) is 5.37.